The molecular weight excluding hydrogens is 158 g/mol. The van der Waals surface area contributed by atoms with Crippen LogP contribution in [0.2, 0.25) is 0 Å². The fourth-order valence-electron chi connectivity index (χ4n) is 1.32. The molecule has 0 saturated carbocycles. The van der Waals surface area contributed by atoms with Crippen molar-refractivity contribution in [2.45, 2.75) is 6.42 Å². The van der Waals surface area contributed by atoms with Crippen molar-refractivity contribution in [1.82, 2.24) is 4.98 Å². The van der Waals surface area contributed by atoms with Gasteiger partial charge >= 0.3 is 0 Å². The molecule has 0 atom stereocenters. The first-order valence-corrected chi connectivity index (χ1v) is 4.27. The Morgan fingerprint density at radius 3 is 3.08 bits per heavy atom. The topological polar surface area (TPSA) is 12.9 Å². The van der Waals surface area contributed by atoms with Crippen LogP contribution in [0, 0.1) is 6.20 Å². The molecule has 0 spiro atoms. The van der Waals surface area contributed by atoms with Crippen molar-refractivity contribution < 1.29 is 0 Å². The van der Waals surface area contributed by atoms with Crippen LogP contribution < -0.4 is 0 Å². The molecule has 0 unspecified atom stereocenters. The maximum Gasteiger partial charge on any atom is 0.0932 e. The number of para-hydroxylation sites is 1. The van der Waals surface area contributed by atoms with Crippen LogP contribution in [0.3, 0.4) is 0 Å². The summed E-state index contributed by atoms with van der Waals surface area (Å²) in [5, 5.41) is 1.16. The van der Waals surface area contributed by atoms with Gasteiger partial charge in [-0.1, -0.05) is 24.3 Å². The zero-order valence-electron chi connectivity index (χ0n) is 7.33. The molecule has 0 aliphatic carbocycles. The van der Waals surface area contributed by atoms with E-state index in [2.05, 4.69) is 29.9 Å². The summed E-state index contributed by atoms with van der Waals surface area (Å²) >= 11 is 0. The first-order chi connectivity index (χ1) is 6.40. The Morgan fingerprint density at radius 1 is 1.38 bits per heavy atom. The van der Waals surface area contributed by atoms with E-state index in [0.717, 1.165) is 22.9 Å². The summed E-state index contributed by atoms with van der Waals surface area (Å²) in [6.07, 6.45) is 5.69. The summed E-state index contributed by atoms with van der Waals surface area (Å²) in [5.74, 6) is 0. The zero-order valence-corrected chi connectivity index (χ0v) is 7.33. The second-order valence-corrected chi connectivity index (χ2v) is 2.94. The van der Waals surface area contributed by atoms with Crippen molar-refractivity contribution in [2.24, 2.45) is 0 Å². The molecule has 0 N–H and O–H groups in total. The van der Waals surface area contributed by atoms with Gasteiger partial charge in [0.2, 0.25) is 0 Å². The molecule has 63 valence electrons. The third kappa shape index (κ3) is 1.59. The molecule has 2 rings (SSSR count). The molecule has 1 radical (unpaired) electrons. The summed E-state index contributed by atoms with van der Waals surface area (Å²) in [5.41, 5.74) is 2.09. The highest BCUT2D eigenvalue weighted by Gasteiger charge is 1.95. The first-order valence-electron chi connectivity index (χ1n) is 4.27. The molecule has 0 bridgehead atoms. The Labute approximate surface area is 77.7 Å². The number of nitrogens with zero attached hydrogens (tertiary/aromatic N) is 1. The van der Waals surface area contributed by atoms with Crippen molar-refractivity contribution in [1.29, 1.82) is 0 Å². The second kappa shape index (κ2) is 3.40. The maximum absolute atomic E-state index is 4.23. The van der Waals surface area contributed by atoms with Gasteiger partial charge in [-0.2, -0.15) is 0 Å². The van der Waals surface area contributed by atoms with Crippen LogP contribution in [0.25, 0.3) is 10.9 Å². The predicted molar refractivity (Wildman–Crippen MR) is 54.5 cm³/mol. The molecule has 0 aliphatic heterocycles. The summed E-state index contributed by atoms with van der Waals surface area (Å²) in [7, 11) is 0. The lowest BCUT2D eigenvalue weighted by Crippen LogP contribution is -1.85. The van der Waals surface area contributed by atoms with E-state index < -0.39 is 0 Å². The molecule has 1 nitrogen and oxygen atoms in total. The molecule has 0 amide bonds. The van der Waals surface area contributed by atoms with Crippen LogP contribution in [0.1, 0.15) is 5.56 Å². The van der Waals surface area contributed by atoms with E-state index in [1.807, 2.05) is 24.3 Å². The highest BCUT2D eigenvalue weighted by atomic mass is 14.6. The van der Waals surface area contributed by atoms with Crippen molar-refractivity contribution in [2.75, 3.05) is 0 Å². The van der Waals surface area contributed by atoms with Crippen LogP contribution >= 0.6 is 0 Å². The number of fused-ring (bicyclic) bond motifs is 1. The van der Waals surface area contributed by atoms with Crippen LogP contribution in [0.15, 0.2) is 43.0 Å². The molecule has 1 aromatic heterocycles. The predicted octanol–water partition coefficient (Wildman–Crippen LogP) is 2.76. The minimum atomic E-state index is 0.831. The number of rotatable bonds is 2. The van der Waals surface area contributed by atoms with Gasteiger partial charge in [0, 0.05) is 5.39 Å². The van der Waals surface area contributed by atoms with Gasteiger partial charge < -0.3 is 0 Å². The Balaban J connectivity index is 2.55. The largest absolute Gasteiger partial charge is 0.246 e. The van der Waals surface area contributed by atoms with Crippen LogP contribution in [-0.2, 0) is 6.42 Å². The molecule has 0 saturated heterocycles. The second-order valence-electron chi connectivity index (χ2n) is 2.94. The molecule has 0 fully saturated rings. The van der Waals surface area contributed by atoms with Gasteiger partial charge in [0.1, 0.15) is 0 Å². The molecule has 1 aromatic carbocycles. The van der Waals surface area contributed by atoms with Crippen molar-refractivity contribution in [3.8, 4) is 0 Å². The first kappa shape index (κ1) is 7.99. The number of allylic oxidation sites excluding steroid dienone is 1. The van der Waals surface area contributed by atoms with E-state index in [4.69, 9.17) is 0 Å². The molecule has 2 aromatic rings. The van der Waals surface area contributed by atoms with E-state index in [9.17, 15) is 0 Å². The number of hydrogen-bond acceptors (Lipinski definition) is 1. The van der Waals surface area contributed by atoms with Gasteiger partial charge in [-0.25, -0.2) is 4.98 Å². The number of aromatic nitrogens is 1. The molecule has 13 heavy (non-hydrogen) atoms. The quantitative estimate of drug-likeness (QED) is 0.628. The van der Waals surface area contributed by atoms with Crippen LogP contribution in [0.5, 0.6) is 0 Å². The summed E-state index contributed by atoms with van der Waals surface area (Å²) in [4.78, 5) is 4.23. The van der Waals surface area contributed by atoms with Gasteiger partial charge in [-0.05, 0) is 24.1 Å². The molecule has 1 heterocycles. The van der Waals surface area contributed by atoms with E-state index in [-0.39, 0.29) is 0 Å². The SMILES string of the molecule is C=CCc1[c]nc2ccccc2c1. The third-order valence-electron chi connectivity index (χ3n) is 1.95. The number of hydrogen-bond donors (Lipinski definition) is 0. The van der Waals surface area contributed by atoms with E-state index >= 15 is 0 Å². The van der Waals surface area contributed by atoms with Gasteiger partial charge in [-0.15, -0.1) is 6.58 Å². The van der Waals surface area contributed by atoms with Gasteiger partial charge in [0.05, 0.1) is 11.7 Å². The highest BCUT2D eigenvalue weighted by Crippen LogP contribution is 2.12. The third-order valence-corrected chi connectivity index (χ3v) is 1.95. The summed E-state index contributed by atoms with van der Waals surface area (Å²) in [6.45, 7) is 3.69. The van der Waals surface area contributed by atoms with Gasteiger partial charge in [0.15, 0.2) is 0 Å². The van der Waals surface area contributed by atoms with E-state index in [1.165, 1.54) is 0 Å². The van der Waals surface area contributed by atoms with Crippen molar-refractivity contribution >= 4 is 10.9 Å². The van der Waals surface area contributed by atoms with Gasteiger partial charge in [-0.3, -0.25) is 0 Å². The fourth-order valence-corrected chi connectivity index (χ4v) is 1.32. The van der Waals surface area contributed by atoms with Crippen LogP contribution in [-0.4, -0.2) is 4.98 Å². The smallest absolute Gasteiger partial charge is 0.0932 e. The molecule has 1 heteroatoms. The van der Waals surface area contributed by atoms with Crippen LogP contribution in [0.4, 0.5) is 0 Å². The Kier molecular flexibility index (Phi) is 2.09. The lowest BCUT2D eigenvalue weighted by molar-refractivity contribution is 1.22. The van der Waals surface area contributed by atoms with Gasteiger partial charge in [0.25, 0.3) is 0 Å². The summed E-state index contributed by atoms with van der Waals surface area (Å²) < 4.78 is 0. The molecular formula is C12H10N. The highest BCUT2D eigenvalue weighted by molar-refractivity contribution is 5.78. The lowest BCUT2D eigenvalue weighted by Gasteiger charge is -1.98. The summed E-state index contributed by atoms with van der Waals surface area (Å²) in [6, 6.07) is 10.1. The Morgan fingerprint density at radius 2 is 2.23 bits per heavy atom. The maximum atomic E-state index is 4.23. The van der Waals surface area contributed by atoms with Crippen molar-refractivity contribution in [3.63, 3.8) is 0 Å². The number of benzene rings is 1. The average molecular weight is 168 g/mol. The minimum Gasteiger partial charge on any atom is -0.246 e. The fraction of sp³-hybridized carbons (Fsp3) is 0.0833. The van der Waals surface area contributed by atoms with E-state index in [0.29, 0.717) is 0 Å². The van der Waals surface area contributed by atoms with Crippen molar-refractivity contribution in [3.05, 3.63) is 54.7 Å². The average Bonchev–Trinajstić information content (AvgIpc) is 2.18. The Hall–Kier alpha value is -1.63. The standard InChI is InChI=1S/C12H10N/c1-2-5-10-8-11-6-3-4-7-12(11)13-9-10/h2-4,6-8H,1,5H2. The van der Waals surface area contributed by atoms with E-state index in [1.54, 1.807) is 0 Å². The number of pyridine rings is 1. The monoisotopic (exact) mass is 168 g/mol. The lowest BCUT2D eigenvalue weighted by atomic mass is 10.1. The minimum absolute atomic E-state index is 0.831. The molecule has 0 aliphatic rings. The normalized spacial score (nSPS) is 10.2. The zero-order chi connectivity index (χ0) is 9.10. The Bertz CT molecular complexity index is 432.